The van der Waals surface area contributed by atoms with Gasteiger partial charge in [0.05, 0.1) is 25.0 Å². The summed E-state index contributed by atoms with van der Waals surface area (Å²) in [5.74, 6) is 1.22. The van der Waals surface area contributed by atoms with Crippen LogP contribution < -0.4 is 0 Å². The van der Waals surface area contributed by atoms with Crippen molar-refractivity contribution in [1.29, 1.82) is 0 Å². The fourth-order valence-corrected chi connectivity index (χ4v) is 2.92. The minimum absolute atomic E-state index is 0.170. The number of aromatic nitrogens is 1. The summed E-state index contributed by atoms with van der Waals surface area (Å²) in [7, 11) is 0. The molecule has 2 aromatic heterocycles. The van der Waals surface area contributed by atoms with Gasteiger partial charge in [0.15, 0.2) is 0 Å². The molecule has 2 aromatic rings. The molecule has 0 unspecified atom stereocenters. The third-order valence-electron chi connectivity index (χ3n) is 4.02. The van der Waals surface area contributed by atoms with E-state index in [1.165, 1.54) is 0 Å². The third-order valence-corrected chi connectivity index (χ3v) is 4.02. The molecule has 1 aliphatic rings. The summed E-state index contributed by atoms with van der Waals surface area (Å²) < 4.78 is 5.40. The van der Waals surface area contributed by atoms with Crippen molar-refractivity contribution < 1.29 is 9.21 Å². The van der Waals surface area contributed by atoms with Crippen LogP contribution in [0.1, 0.15) is 37.1 Å². The highest BCUT2D eigenvalue weighted by molar-refractivity contribution is 5.79. The van der Waals surface area contributed by atoms with Gasteiger partial charge in [-0.1, -0.05) is 18.9 Å². The Bertz CT molecular complexity index is 560. The average Bonchev–Trinajstić information content (AvgIpc) is 3.20. The van der Waals surface area contributed by atoms with E-state index in [-0.39, 0.29) is 11.8 Å². The van der Waals surface area contributed by atoms with Crippen LogP contribution in [-0.4, -0.2) is 15.8 Å². The third kappa shape index (κ3) is 3.51. The summed E-state index contributed by atoms with van der Waals surface area (Å²) in [6, 6.07) is 9.56. The molecule has 1 fully saturated rings. The van der Waals surface area contributed by atoms with Crippen molar-refractivity contribution in [3.63, 3.8) is 0 Å². The lowest BCUT2D eigenvalue weighted by Crippen LogP contribution is -2.34. The molecule has 1 amide bonds. The van der Waals surface area contributed by atoms with E-state index in [1.54, 1.807) is 12.5 Å². The largest absolute Gasteiger partial charge is 0.467 e. The molecule has 0 radical (unpaired) electrons. The van der Waals surface area contributed by atoms with Crippen LogP contribution >= 0.6 is 0 Å². The van der Waals surface area contributed by atoms with Gasteiger partial charge in [-0.15, -0.1) is 0 Å². The summed E-state index contributed by atoms with van der Waals surface area (Å²) in [4.78, 5) is 18.9. The first-order valence-electron chi connectivity index (χ1n) is 7.54. The molecule has 3 rings (SSSR count). The molecule has 21 heavy (non-hydrogen) atoms. The van der Waals surface area contributed by atoms with Crippen LogP contribution in [0.5, 0.6) is 0 Å². The Labute approximate surface area is 124 Å². The number of amides is 1. The second-order valence-corrected chi connectivity index (χ2v) is 5.58. The Kier molecular flexibility index (Phi) is 4.34. The molecular weight excluding hydrogens is 264 g/mol. The highest BCUT2D eigenvalue weighted by Crippen LogP contribution is 2.27. The fraction of sp³-hybridized carbons (Fsp3) is 0.412. The van der Waals surface area contributed by atoms with E-state index in [9.17, 15) is 4.79 Å². The van der Waals surface area contributed by atoms with Gasteiger partial charge in [0.1, 0.15) is 5.76 Å². The number of hydrogen-bond donors (Lipinski definition) is 0. The van der Waals surface area contributed by atoms with Gasteiger partial charge >= 0.3 is 0 Å². The van der Waals surface area contributed by atoms with Crippen LogP contribution in [0, 0.1) is 5.92 Å². The number of carbonyl (C=O) groups is 1. The first-order valence-corrected chi connectivity index (χ1v) is 7.54. The molecule has 4 nitrogen and oxygen atoms in total. The maximum atomic E-state index is 12.7. The van der Waals surface area contributed by atoms with Crippen LogP contribution in [0.15, 0.2) is 47.2 Å². The minimum atomic E-state index is 0.170. The van der Waals surface area contributed by atoms with Crippen LogP contribution in [0.25, 0.3) is 0 Å². The molecule has 0 spiro atoms. The normalized spacial score (nSPS) is 15.2. The fourth-order valence-electron chi connectivity index (χ4n) is 2.92. The Hall–Kier alpha value is -2.10. The summed E-state index contributed by atoms with van der Waals surface area (Å²) in [6.45, 7) is 1.05. The van der Waals surface area contributed by atoms with Gasteiger partial charge in [-0.2, -0.15) is 0 Å². The molecule has 2 heterocycles. The van der Waals surface area contributed by atoms with Crippen LogP contribution in [0.2, 0.25) is 0 Å². The number of pyridine rings is 1. The lowest BCUT2D eigenvalue weighted by atomic mass is 10.1. The molecule has 0 atom stereocenters. The summed E-state index contributed by atoms with van der Waals surface area (Å²) in [5, 5.41) is 0. The van der Waals surface area contributed by atoms with E-state index in [2.05, 4.69) is 4.98 Å². The topological polar surface area (TPSA) is 46.3 Å². The maximum Gasteiger partial charge on any atom is 0.226 e. The van der Waals surface area contributed by atoms with Gasteiger partial charge in [0.25, 0.3) is 0 Å². The SMILES string of the molecule is O=C(C1CCCC1)N(Cc1ccccn1)Cc1ccco1. The van der Waals surface area contributed by atoms with Crippen molar-refractivity contribution in [3.05, 3.63) is 54.2 Å². The van der Waals surface area contributed by atoms with E-state index in [0.717, 1.165) is 37.1 Å². The van der Waals surface area contributed by atoms with Crippen molar-refractivity contribution in [1.82, 2.24) is 9.88 Å². The molecule has 110 valence electrons. The zero-order valence-corrected chi connectivity index (χ0v) is 12.1. The van der Waals surface area contributed by atoms with Crippen molar-refractivity contribution in [2.45, 2.75) is 38.8 Å². The number of carbonyl (C=O) groups excluding carboxylic acids is 1. The Balaban J connectivity index is 1.74. The van der Waals surface area contributed by atoms with Gasteiger partial charge < -0.3 is 9.32 Å². The van der Waals surface area contributed by atoms with E-state index in [4.69, 9.17) is 4.42 Å². The van der Waals surface area contributed by atoms with Gasteiger partial charge in [-0.05, 0) is 37.1 Å². The lowest BCUT2D eigenvalue weighted by molar-refractivity contribution is -0.137. The standard InChI is InChI=1S/C17H20N2O2/c20-17(14-6-1-2-7-14)19(13-16-9-5-11-21-16)12-15-8-3-4-10-18-15/h3-5,8-11,14H,1-2,6-7,12-13H2. The Morgan fingerprint density at radius 3 is 2.71 bits per heavy atom. The average molecular weight is 284 g/mol. The van der Waals surface area contributed by atoms with E-state index in [1.807, 2.05) is 35.2 Å². The summed E-state index contributed by atoms with van der Waals surface area (Å²) in [5.41, 5.74) is 0.912. The van der Waals surface area contributed by atoms with E-state index >= 15 is 0 Å². The Morgan fingerprint density at radius 2 is 2.05 bits per heavy atom. The molecule has 0 aromatic carbocycles. The number of rotatable bonds is 5. The number of nitrogens with zero attached hydrogens (tertiary/aromatic N) is 2. The van der Waals surface area contributed by atoms with Crippen LogP contribution in [0.3, 0.4) is 0 Å². The van der Waals surface area contributed by atoms with Gasteiger partial charge in [-0.3, -0.25) is 9.78 Å². The molecule has 4 heteroatoms. The highest BCUT2D eigenvalue weighted by atomic mass is 16.3. The first-order chi connectivity index (χ1) is 10.3. The smallest absolute Gasteiger partial charge is 0.226 e. The zero-order chi connectivity index (χ0) is 14.5. The van der Waals surface area contributed by atoms with Crippen molar-refractivity contribution >= 4 is 5.91 Å². The molecular formula is C17H20N2O2. The predicted octanol–water partition coefficient (Wildman–Crippen LogP) is 3.39. The van der Waals surface area contributed by atoms with Crippen molar-refractivity contribution in [2.24, 2.45) is 5.92 Å². The molecule has 1 aliphatic carbocycles. The minimum Gasteiger partial charge on any atom is -0.467 e. The van der Waals surface area contributed by atoms with Crippen LogP contribution in [0.4, 0.5) is 0 Å². The molecule has 0 N–H and O–H groups in total. The summed E-state index contributed by atoms with van der Waals surface area (Å²) in [6.07, 6.45) is 7.75. The predicted molar refractivity (Wildman–Crippen MR) is 79.2 cm³/mol. The summed E-state index contributed by atoms with van der Waals surface area (Å²) >= 11 is 0. The van der Waals surface area contributed by atoms with Gasteiger partial charge in [-0.25, -0.2) is 0 Å². The monoisotopic (exact) mass is 284 g/mol. The second kappa shape index (κ2) is 6.57. The van der Waals surface area contributed by atoms with Crippen molar-refractivity contribution in [2.75, 3.05) is 0 Å². The maximum absolute atomic E-state index is 12.7. The van der Waals surface area contributed by atoms with Crippen LogP contribution in [-0.2, 0) is 17.9 Å². The molecule has 0 aliphatic heterocycles. The van der Waals surface area contributed by atoms with E-state index < -0.39 is 0 Å². The number of hydrogen-bond acceptors (Lipinski definition) is 3. The second-order valence-electron chi connectivity index (χ2n) is 5.58. The molecule has 0 bridgehead atoms. The first kappa shape index (κ1) is 13.9. The van der Waals surface area contributed by atoms with E-state index in [0.29, 0.717) is 13.1 Å². The zero-order valence-electron chi connectivity index (χ0n) is 12.1. The number of furan rings is 1. The molecule has 0 saturated heterocycles. The van der Waals surface area contributed by atoms with Gasteiger partial charge in [0.2, 0.25) is 5.91 Å². The Morgan fingerprint density at radius 1 is 1.19 bits per heavy atom. The lowest BCUT2D eigenvalue weighted by Gasteiger charge is -2.24. The van der Waals surface area contributed by atoms with Crippen molar-refractivity contribution in [3.8, 4) is 0 Å². The molecule has 1 saturated carbocycles. The van der Waals surface area contributed by atoms with Gasteiger partial charge in [0, 0.05) is 12.1 Å². The highest BCUT2D eigenvalue weighted by Gasteiger charge is 2.28. The quantitative estimate of drug-likeness (QED) is 0.845.